The molecule has 1 saturated carbocycles. The first-order chi connectivity index (χ1) is 10.1. The molecule has 5 nitrogen and oxygen atoms in total. The third kappa shape index (κ3) is 3.59. The molecule has 0 amide bonds. The fraction of sp³-hybridized carbons (Fsp3) is 0.417. The van der Waals surface area contributed by atoms with Crippen molar-refractivity contribution in [2.24, 2.45) is 5.10 Å². The summed E-state index contributed by atoms with van der Waals surface area (Å²) >= 11 is 5.65. The van der Waals surface area contributed by atoms with Crippen LogP contribution in [0.4, 0.5) is 8.78 Å². The summed E-state index contributed by atoms with van der Waals surface area (Å²) in [6.07, 6.45) is 3.68. The van der Waals surface area contributed by atoms with Crippen LogP contribution in [0.5, 0.6) is 0 Å². The standard InChI is InChI=1S/C12H12F2N4OS2/c13-11(14)21-6-9-4-3-8(19-9)5-15-18-10(7-1-2-7)16-17-12(18)20/h3-5,7,11H,1-2,6H2,(H,17,20)/b15-5-. The molecule has 0 aromatic carbocycles. The van der Waals surface area contributed by atoms with Crippen molar-refractivity contribution in [2.45, 2.75) is 30.3 Å². The van der Waals surface area contributed by atoms with Crippen LogP contribution >= 0.6 is 24.0 Å². The molecule has 21 heavy (non-hydrogen) atoms. The zero-order valence-electron chi connectivity index (χ0n) is 10.8. The number of alkyl halides is 2. The summed E-state index contributed by atoms with van der Waals surface area (Å²) in [6.45, 7) is 0. The first-order valence-electron chi connectivity index (χ1n) is 6.33. The number of aromatic amines is 1. The molecule has 0 aliphatic heterocycles. The number of hydrogen-bond donors (Lipinski definition) is 1. The molecule has 3 rings (SSSR count). The Morgan fingerprint density at radius 1 is 1.57 bits per heavy atom. The predicted molar refractivity (Wildman–Crippen MR) is 78.4 cm³/mol. The van der Waals surface area contributed by atoms with E-state index in [1.807, 2.05) is 0 Å². The second kappa shape index (κ2) is 6.10. The summed E-state index contributed by atoms with van der Waals surface area (Å²) in [4.78, 5) is 0. The van der Waals surface area contributed by atoms with Crippen molar-refractivity contribution in [1.29, 1.82) is 0 Å². The average Bonchev–Trinajstić information content (AvgIpc) is 3.08. The minimum Gasteiger partial charge on any atom is -0.459 e. The molecule has 2 heterocycles. The van der Waals surface area contributed by atoms with E-state index < -0.39 is 5.76 Å². The third-order valence-electron chi connectivity index (χ3n) is 2.95. The SMILES string of the molecule is FC(F)SCc1ccc(/C=N\n2c(C3CC3)n[nH]c2=S)o1. The molecule has 0 spiro atoms. The Kier molecular flexibility index (Phi) is 4.20. The summed E-state index contributed by atoms with van der Waals surface area (Å²) in [5.74, 6) is -0.0764. The van der Waals surface area contributed by atoms with Gasteiger partial charge in [-0.15, -0.1) is 0 Å². The van der Waals surface area contributed by atoms with Gasteiger partial charge in [-0.3, -0.25) is 5.10 Å². The zero-order chi connectivity index (χ0) is 14.8. The van der Waals surface area contributed by atoms with Gasteiger partial charge in [0.15, 0.2) is 5.82 Å². The van der Waals surface area contributed by atoms with Crippen LogP contribution in [0.25, 0.3) is 0 Å². The van der Waals surface area contributed by atoms with Crippen LogP contribution < -0.4 is 0 Å². The number of aromatic nitrogens is 3. The Morgan fingerprint density at radius 3 is 3.10 bits per heavy atom. The number of halogens is 2. The Hall–Kier alpha value is -1.48. The largest absolute Gasteiger partial charge is 0.459 e. The molecule has 0 unspecified atom stereocenters. The molecule has 2 aromatic heterocycles. The lowest BCUT2D eigenvalue weighted by Crippen LogP contribution is -1.96. The van der Waals surface area contributed by atoms with Crippen LogP contribution in [0.1, 0.15) is 36.1 Å². The van der Waals surface area contributed by atoms with E-state index in [4.69, 9.17) is 16.6 Å². The molecule has 112 valence electrons. The fourth-order valence-electron chi connectivity index (χ4n) is 1.82. The van der Waals surface area contributed by atoms with Crippen LogP contribution in [0.2, 0.25) is 0 Å². The van der Waals surface area contributed by atoms with Crippen LogP contribution in [-0.2, 0) is 5.75 Å². The van der Waals surface area contributed by atoms with E-state index in [0.29, 0.717) is 34.0 Å². The van der Waals surface area contributed by atoms with E-state index >= 15 is 0 Å². The van der Waals surface area contributed by atoms with Crippen molar-refractivity contribution in [1.82, 2.24) is 14.9 Å². The highest BCUT2D eigenvalue weighted by atomic mass is 32.2. The highest BCUT2D eigenvalue weighted by Gasteiger charge is 2.29. The normalized spacial score (nSPS) is 15.4. The molecule has 0 saturated heterocycles. The van der Waals surface area contributed by atoms with Crippen LogP contribution in [0, 0.1) is 4.77 Å². The summed E-state index contributed by atoms with van der Waals surface area (Å²) < 4.78 is 31.6. The van der Waals surface area contributed by atoms with Crippen LogP contribution in [0.15, 0.2) is 21.7 Å². The van der Waals surface area contributed by atoms with Gasteiger partial charge in [-0.25, -0.2) is 0 Å². The molecular weight excluding hydrogens is 318 g/mol. The number of H-pyrrole nitrogens is 1. The van der Waals surface area contributed by atoms with E-state index in [1.54, 1.807) is 16.8 Å². The van der Waals surface area contributed by atoms with Crippen molar-refractivity contribution in [3.63, 3.8) is 0 Å². The molecule has 0 radical (unpaired) electrons. The molecule has 0 atom stereocenters. The summed E-state index contributed by atoms with van der Waals surface area (Å²) in [5, 5.41) is 11.1. The number of rotatable bonds is 6. The van der Waals surface area contributed by atoms with E-state index in [-0.39, 0.29) is 5.75 Å². The molecule has 1 N–H and O–H groups in total. The van der Waals surface area contributed by atoms with E-state index in [9.17, 15) is 8.78 Å². The number of hydrogen-bond acceptors (Lipinski definition) is 5. The average molecular weight is 330 g/mol. The molecule has 0 bridgehead atoms. The maximum Gasteiger partial charge on any atom is 0.284 e. The molecule has 2 aromatic rings. The van der Waals surface area contributed by atoms with Crippen LogP contribution in [-0.4, -0.2) is 26.8 Å². The smallest absolute Gasteiger partial charge is 0.284 e. The van der Waals surface area contributed by atoms with Gasteiger partial charge in [0.05, 0.1) is 12.0 Å². The van der Waals surface area contributed by atoms with Gasteiger partial charge in [-0.05, 0) is 37.2 Å². The lowest BCUT2D eigenvalue weighted by molar-refractivity contribution is 0.251. The van der Waals surface area contributed by atoms with E-state index in [2.05, 4.69) is 15.3 Å². The minimum atomic E-state index is -2.41. The fourth-order valence-corrected chi connectivity index (χ4v) is 2.45. The molecular formula is C12H12F2N4OS2. The molecule has 1 aliphatic carbocycles. The minimum absolute atomic E-state index is 0.129. The van der Waals surface area contributed by atoms with Crippen LogP contribution in [0.3, 0.4) is 0 Å². The Morgan fingerprint density at radius 2 is 2.38 bits per heavy atom. The molecule has 9 heteroatoms. The van der Waals surface area contributed by atoms with Gasteiger partial charge < -0.3 is 4.42 Å². The highest BCUT2D eigenvalue weighted by Crippen LogP contribution is 2.38. The third-order valence-corrected chi connectivity index (χ3v) is 3.92. The van der Waals surface area contributed by atoms with Gasteiger partial charge in [-0.2, -0.15) is 23.7 Å². The Labute approximate surface area is 128 Å². The van der Waals surface area contributed by atoms with Gasteiger partial charge in [-0.1, -0.05) is 11.8 Å². The number of nitrogens with one attached hydrogen (secondary N) is 1. The highest BCUT2D eigenvalue weighted by molar-refractivity contribution is 7.98. The predicted octanol–water partition coefficient (Wildman–Crippen LogP) is 3.75. The van der Waals surface area contributed by atoms with Gasteiger partial charge in [0.2, 0.25) is 4.77 Å². The van der Waals surface area contributed by atoms with Crippen molar-refractivity contribution in [2.75, 3.05) is 0 Å². The zero-order valence-corrected chi connectivity index (χ0v) is 12.5. The lowest BCUT2D eigenvalue weighted by atomic mass is 10.4. The van der Waals surface area contributed by atoms with Crippen molar-refractivity contribution >= 4 is 30.2 Å². The van der Waals surface area contributed by atoms with Gasteiger partial charge >= 0.3 is 0 Å². The maximum absolute atomic E-state index is 12.1. The first-order valence-corrected chi connectivity index (χ1v) is 7.79. The molecule has 1 aliphatic rings. The summed E-state index contributed by atoms with van der Waals surface area (Å²) in [5.41, 5.74) is 0. The topological polar surface area (TPSA) is 59.1 Å². The number of thioether (sulfide) groups is 1. The number of furan rings is 1. The van der Waals surface area contributed by atoms with Crippen molar-refractivity contribution in [3.8, 4) is 0 Å². The summed E-state index contributed by atoms with van der Waals surface area (Å²) in [7, 11) is 0. The lowest BCUT2D eigenvalue weighted by Gasteiger charge is -1.97. The second-order valence-corrected chi connectivity index (χ2v) is 5.96. The Balaban J connectivity index is 1.71. The molecule has 1 fully saturated rings. The second-order valence-electron chi connectivity index (χ2n) is 4.59. The quantitative estimate of drug-likeness (QED) is 0.647. The summed E-state index contributed by atoms with van der Waals surface area (Å²) in [6, 6.07) is 3.35. The maximum atomic E-state index is 12.1. The van der Waals surface area contributed by atoms with E-state index in [0.717, 1.165) is 18.7 Å². The number of nitrogens with zero attached hydrogens (tertiary/aromatic N) is 3. The van der Waals surface area contributed by atoms with Gasteiger partial charge in [0, 0.05) is 5.92 Å². The van der Waals surface area contributed by atoms with Crippen molar-refractivity contribution < 1.29 is 13.2 Å². The van der Waals surface area contributed by atoms with E-state index in [1.165, 1.54) is 6.21 Å². The first kappa shape index (κ1) is 14.5. The van der Waals surface area contributed by atoms with Gasteiger partial charge in [0.25, 0.3) is 5.76 Å². The van der Waals surface area contributed by atoms with Gasteiger partial charge in [0.1, 0.15) is 11.5 Å². The van der Waals surface area contributed by atoms with Crippen molar-refractivity contribution in [3.05, 3.63) is 34.2 Å². The monoisotopic (exact) mass is 330 g/mol. The Bertz CT molecular complexity index is 702.